The molecule has 0 fully saturated rings. The molecular weight excluding hydrogens is 232 g/mol. The fraction of sp³-hybridized carbons (Fsp3) is 0.571. The van der Waals surface area contributed by atoms with Crippen molar-refractivity contribution >= 4 is 23.5 Å². The highest BCUT2D eigenvalue weighted by Gasteiger charge is 2.14. The van der Waals surface area contributed by atoms with Gasteiger partial charge in [-0.2, -0.15) is 23.5 Å². The molecule has 1 unspecified atom stereocenters. The Kier molecular flexibility index (Phi) is 6.37. The number of hydrogen-bond acceptors (Lipinski definition) is 2. The summed E-state index contributed by atoms with van der Waals surface area (Å²) in [6, 6.07) is 10.9. The minimum atomic E-state index is 0.633. The predicted octanol–water partition coefficient (Wildman–Crippen LogP) is 5.01. The molecule has 0 nitrogen and oxygen atoms in total. The van der Waals surface area contributed by atoms with E-state index in [-0.39, 0.29) is 0 Å². The Morgan fingerprint density at radius 3 is 2.06 bits per heavy atom. The second-order valence-corrected chi connectivity index (χ2v) is 7.86. The smallest absolute Gasteiger partial charge is 0.0390 e. The van der Waals surface area contributed by atoms with E-state index in [9.17, 15) is 0 Å². The van der Waals surface area contributed by atoms with Gasteiger partial charge in [0.05, 0.1) is 0 Å². The maximum atomic E-state index is 2.28. The topological polar surface area (TPSA) is 0 Å². The molecule has 16 heavy (non-hydrogen) atoms. The summed E-state index contributed by atoms with van der Waals surface area (Å²) in [5.41, 5.74) is 1.47. The summed E-state index contributed by atoms with van der Waals surface area (Å²) in [7, 11) is 0. The zero-order valence-electron chi connectivity index (χ0n) is 10.6. The van der Waals surface area contributed by atoms with Crippen molar-refractivity contribution in [3.8, 4) is 0 Å². The molecule has 0 aliphatic heterocycles. The molecule has 0 aliphatic carbocycles. The molecule has 0 heterocycles. The van der Waals surface area contributed by atoms with Crippen LogP contribution in [0, 0.1) is 0 Å². The van der Waals surface area contributed by atoms with Crippen molar-refractivity contribution in [3.63, 3.8) is 0 Å². The van der Waals surface area contributed by atoms with Gasteiger partial charge in [-0.15, -0.1) is 0 Å². The second-order valence-electron chi connectivity index (χ2n) is 4.47. The lowest BCUT2D eigenvalue weighted by Gasteiger charge is -2.20. The molecule has 0 saturated carbocycles. The summed E-state index contributed by atoms with van der Waals surface area (Å²) in [6.45, 7) is 9.10. The highest BCUT2D eigenvalue weighted by Crippen LogP contribution is 2.35. The van der Waals surface area contributed by atoms with Gasteiger partial charge >= 0.3 is 0 Å². The largest absolute Gasteiger partial charge is 0.158 e. The van der Waals surface area contributed by atoms with E-state index in [0.717, 1.165) is 5.25 Å². The van der Waals surface area contributed by atoms with Crippen LogP contribution >= 0.6 is 23.5 Å². The van der Waals surface area contributed by atoms with Gasteiger partial charge in [0.1, 0.15) is 0 Å². The van der Waals surface area contributed by atoms with Crippen LogP contribution in [-0.2, 0) is 0 Å². The second kappa shape index (κ2) is 7.29. The van der Waals surface area contributed by atoms with Crippen molar-refractivity contribution in [1.29, 1.82) is 0 Å². The minimum absolute atomic E-state index is 0.633. The summed E-state index contributed by atoms with van der Waals surface area (Å²) in [5.74, 6) is 1.21. The summed E-state index contributed by atoms with van der Waals surface area (Å²) in [4.78, 5) is 0. The molecule has 0 aliphatic rings. The molecule has 0 amide bonds. The van der Waals surface area contributed by atoms with E-state index in [1.165, 1.54) is 11.3 Å². The van der Waals surface area contributed by atoms with E-state index in [0.29, 0.717) is 10.5 Å². The lowest BCUT2D eigenvalue weighted by Crippen LogP contribution is -2.04. The molecule has 0 saturated heterocycles. The van der Waals surface area contributed by atoms with Crippen molar-refractivity contribution in [2.45, 2.75) is 43.4 Å². The van der Waals surface area contributed by atoms with Gasteiger partial charge in [-0.1, -0.05) is 58.0 Å². The third-order valence-corrected chi connectivity index (χ3v) is 4.90. The van der Waals surface area contributed by atoms with Crippen LogP contribution in [0.25, 0.3) is 0 Å². The van der Waals surface area contributed by atoms with Crippen LogP contribution in [0.2, 0.25) is 0 Å². The highest BCUT2D eigenvalue weighted by atomic mass is 32.2. The molecule has 90 valence electrons. The van der Waals surface area contributed by atoms with Crippen LogP contribution in [0.15, 0.2) is 30.3 Å². The average molecular weight is 254 g/mol. The minimum Gasteiger partial charge on any atom is -0.158 e. The van der Waals surface area contributed by atoms with Crippen molar-refractivity contribution in [1.82, 2.24) is 0 Å². The van der Waals surface area contributed by atoms with Gasteiger partial charge < -0.3 is 0 Å². The molecule has 0 spiro atoms. The highest BCUT2D eigenvalue weighted by molar-refractivity contribution is 8.03. The first-order valence-corrected chi connectivity index (χ1v) is 7.90. The summed E-state index contributed by atoms with van der Waals surface area (Å²) in [5, 5.41) is 2.05. The number of hydrogen-bond donors (Lipinski definition) is 0. The van der Waals surface area contributed by atoms with E-state index >= 15 is 0 Å². The van der Waals surface area contributed by atoms with Crippen molar-refractivity contribution < 1.29 is 0 Å². The molecule has 1 rings (SSSR count). The molecule has 0 N–H and O–H groups in total. The van der Waals surface area contributed by atoms with Gasteiger partial charge in [-0.25, -0.2) is 0 Å². The Morgan fingerprint density at radius 1 is 0.938 bits per heavy atom. The van der Waals surface area contributed by atoms with Crippen LogP contribution < -0.4 is 0 Å². The molecule has 0 radical (unpaired) electrons. The number of rotatable bonds is 6. The first-order valence-electron chi connectivity index (χ1n) is 5.91. The van der Waals surface area contributed by atoms with Gasteiger partial charge in [0.2, 0.25) is 0 Å². The van der Waals surface area contributed by atoms with E-state index in [2.05, 4.69) is 81.6 Å². The third kappa shape index (κ3) is 5.31. The van der Waals surface area contributed by atoms with Gasteiger partial charge in [0.25, 0.3) is 0 Å². The first kappa shape index (κ1) is 14.0. The zero-order chi connectivity index (χ0) is 12.0. The van der Waals surface area contributed by atoms with E-state index in [1.54, 1.807) is 0 Å². The molecule has 1 aromatic carbocycles. The van der Waals surface area contributed by atoms with Crippen LogP contribution in [0.3, 0.4) is 0 Å². The maximum Gasteiger partial charge on any atom is 0.0390 e. The quantitative estimate of drug-likeness (QED) is 0.700. The standard InChI is InChI=1S/C14H22S2/c1-11(2)15-10-14(16-12(3)4)13-8-6-5-7-9-13/h5-9,11-12,14H,10H2,1-4H3. The number of thioether (sulfide) groups is 2. The molecule has 1 aromatic rings. The average Bonchev–Trinajstić information content (AvgIpc) is 2.25. The van der Waals surface area contributed by atoms with Gasteiger partial charge in [-0.05, 0) is 16.1 Å². The number of benzene rings is 1. The maximum absolute atomic E-state index is 2.28. The van der Waals surface area contributed by atoms with Gasteiger partial charge in [0, 0.05) is 11.0 Å². The van der Waals surface area contributed by atoms with E-state index in [1.807, 2.05) is 0 Å². The van der Waals surface area contributed by atoms with Crippen LogP contribution in [-0.4, -0.2) is 16.3 Å². The van der Waals surface area contributed by atoms with Gasteiger partial charge in [-0.3, -0.25) is 0 Å². The van der Waals surface area contributed by atoms with Crippen molar-refractivity contribution in [3.05, 3.63) is 35.9 Å². The Hall–Kier alpha value is -0.0800. The Balaban J connectivity index is 2.64. The zero-order valence-corrected chi connectivity index (χ0v) is 12.3. The van der Waals surface area contributed by atoms with Crippen LogP contribution in [0.1, 0.15) is 38.5 Å². The lowest BCUT2D eigenvalue weighted by molar-refractivity contribution is 1.04. The molecular formula is C14H22S2. The van der Waals surface area contributed by atoms with Gasteiger partial charge in [0.15, 0.2) is 0 Å². The summed E-state index contributed by atoms with van der Waals surface area (Å²) >= 11 is 4.13. The van der Waals surface area contributed by atoms with E-state index < -0.39 is 0 Å². The summed E-state index contributed by atoms with van der Waals surface area (Å²) in [6.07, 6.45) is 0. The normalized spacial score (nSPS) is 13.4. The summed E-state index contributed by atoms with van der Waals surface area (Å²) < 4.78 is 0. The Bertz CT molecular complexity index is 280. The van der Waals surface area contributed by atoms with E-state index in [4.69, 9.17) is 0 Å². The monoisotopic (exact) mass is 254 g/mol. The first-order chi connectivity index (χ1) is 7.59. The Morgan fingerprint density at radius 2 is 1.56 bits per heavy atom. The molecule has 2 heteroatoms. The van der Waals surface area contributed by atoms with Crippen LogP contribution in [0.4, 0.5) is 0 Å². The molecule has 0 aromatic heterocycles. The van der Waals surface area contributed by atoms with Crippen molar-refractivity contribution in [2.75, 3.05) is 5.75 Å². The Labute approximate surface area is 109 Å². The fourth-order valence-electron chi connectivity index (χ4n) is 1.49. The SMILES string of the molecule is CC(C)SCC(SC(C)C)c1ccccc1. The van der Waals surface area contributed by atoms with Crippen molar-refractivity contribution in [2.24, 2.45) is 0 Å². The molecule has 0 bridgehead atoms. The van der Waals surface area contributed by atoms with Crippen LogP contribution in [0.5, 0.6) is 0 Å². The molecule has 1 atom stereocenters. The fourth-order valence-corrected chi connectivity index (χ4v) is 3.76. The predicted molar refractivity (Wildman–Crippen MR) is 79.5 cm³/mol. The third-order valence-electron chi connectivity index (χ3n) is 2.19. The lowest BCUT2D eigenvalue weighted by atomic mass is 10.2.